The maximum absolute atomic E-state index is 13.3. The Balaban J connectivity index is 2.30. The summed E-state index contributed by atoms with van der Waals surface area (Å²) in [4.78, 5) is 2.17. The van der Waals surface area contributed by atoms with Gasteiger partial charge in [-0.3, -0.25) is 0 Å². The molecule has 0 saturated heterocycles. The predicted octanol–water partition coefficient (Wildman–Crippen LogP) is 2.78. The van der Waals surface area contributed by atoms with Gasteiger partial charge in [0.15, 0.2) is 0 Å². The molecule has 1 aliphatic rings. The maximum atomic E-state index is 13.3. The van der Waals surface area contributed by atoms with Crippen molar-refractivity contribution < 1.29 is 4.39 Å². The number of nitrogens with zero attached hydrogens (tertiary/aromatic N) is 1. The van der Waals surface area contributed by atoms with Crippen molar-refractivity contribution in [3.8, 4) is 0 Å². The number of nitrogens with two attached hydrogens (primary N) is 1. The second kappa shape index (κ2) is 4.65. The van der Waals surface area contributed by atoms with Crippen molar-refractivity contribution in [3.05, 3.63) is 30.1 Å². The van der Waals surface area contributed by atoms with E-state index < -0.39 is 0 Å². The molecule has 0 spiro atoms. The first-order chi connectivity index (χ1) is 8.14. The average molecular weight is 236 g/mol. The van der Waals surface area contributed by atoms with Gasteiger partial charge < -0.3 is 10.6 Å². The van der Waals surface area contributed by atoms with Gasteiger partial charge in [-0.15, -0.1) is 0 Å². The van der Waals surface area contributed by atoms with Gasteiger partial charge in [0.05, 0.1) is 5.54 Å². The van der Waals surface area contributed by atoms with E-state index in [0.29, 0.717) is 12.5 Å². The zero-order valence-electron chi connectivity index (χ0n) is 10.6. The Morgan fingerprint density at radius 3 is 2.65 bits per heavy atom. The number of anilines is 1. The van der Waals surface area contributed by atoms with Crippen molar-refractivity contribution >= 4 is 5.69 Å². The van der Waals surface area contributed by atoms with Crippen LogP contribution in [0.2, 0.25) is 0 Å². The maximum Gasteiger partial charge on any atom is 0.125 e. The smallest absolute Gasteiger partial charge is 0.125 e. The first-order valence-corrected chi connectivity index (χ1v) is 6.33. The standard InChI is InChI=1S/C14H21FN2/c1-3-14(10-16,11-7-8-11)17(2)13-6-4-5-12(15)9-13/h4-6,9,11H,3,7-8,10,16H2,1-2H3. The molecule has 1 saturated carbocycles. The molecule has 1 aromatic carbocycles. The Morgan fingerprint density at radius 1 is 1.47 bits per heavy atom. The van der Waals surface area contributed by atoms with E-state index in [0.717, 1.165) is 12.1 Å². The van der Waals surface area contributed by atoms with Crippen molar-refractivity contribution in [3.63, 3.8) is 0 Å². The molecule has 1 aliphatic carbocycles. The van der Waals surface area contributed by atoms with Gasteiger partial charge >= 0.3 is 0 Å². The minimum Gasteiger partial charge on any atom is -0.367 e. The fraction of sp³-hybridized carbons (Fsp3) is 0.571. The van der Waals surface area contributed by atoms with Crippen molar-refractivity contribution in [2.45, 2.75) is 31.7 Å². The van der Waals surface area contributed by atoms with Crippen LogP contribution in [-0.4, -0.2) is 19.1 Å². The lowest BCUT2D eigenvalue weighted by Crippen LogP contribution is -2.54. The van der Waals surface area contributed by atoms with Gasteiger partial charge in [0.1, 0.15) is 5.82 Å². The summed E-state index contributed by atoms with van der Waals surface area (Å²) in [6.45, 7) is 2.79. The predicted molar refractivity (Wildman–Crippen MR) is 69.6 cm³/mol. The van der Waals surface area contributed by atoms with Gasteiger partial charge in [-0.25, -0.2) is 4.39 Å². The number of rotatable bonds is 5. The van der Waals surface area contributed by atoms with Crippen LogP contribution in [0.3, 0.4) is 0 Å². The van der Waals surface area contributed by atoms with Crippen LogP contribution in [0.4, 0.5) is 10.1 Å². The third-order valence-corrected chi connectivity index (χ3v) is 4.17. The molecule has 1 unspecified atom stereocenters. The molecule has 2 rings (SSSR count). The van der Waals surface area contributed by atoms with Crippen LogP contribution in [0.1, 0.15) is 26.2 Å². The number of likely N-dealkylation sites (N-methyl/N-ethyl adjacent to an activating group) is 1. The third-order valence-electron chi connectivity index (χ3n) is 4.17. The van der Waals surface area contributed by atoms with Crippen LogP contribution in [0, 0.1) is 11.7 Å². The molecule has 2 nitrogen and oxygen atoms in total. The fourth-order valence-corrected chi connectivity index (χ4v) is 2.81. The summed E-state index contributed by atoms with van der Waals surface area (Å²) >= 11 is 0. The van der Waals surface area contributed by atoms with Gasteiger partial charge in [-0.05, 0) is 43.4 Å². The third kappa shape index (κ3) is 2.16. The monoisotopic (exact) mass is 236 g/mol. The molecule has 0 amide bonds. The first-order valence-electron chi connectivity index (χ1n) is 6.33. The first kappa shape index (κ1) is 12.4. The van der Waals surface area contributed by atoms with Gasteiger partial charge in [-0.1, -0.05) is 13.0 Å². The highest BCUT2D eigenvalue weighted by atomic mass is 19.1. The van der Waals surface area contributed by atoms with E-state index in [1.54, 1.807) is 12.1 Å². The molecular formula is C14H21FN2. The SMILES string of the molecule is CCC(CN)(C1CC1)N(C)c1cccc(F)c1. The Labute approximate surface area is 103 Å². The van der Waals surface area contributed by atoms with Crippen LogP contribution in [-0.2, 0) is 0 Å². The Morgan fingerprint density at radius 2 is 2.18 bits per heavy atom. The normalized spacial score (nSPS) is 18.8. The summed E-state index contributed by atoms with van der Waals surface area (Å²) < 4.78 is 13.3. The second-order valence-electron chi connectivity index (χ2n) is 4.97. The Bertz CT molecular complexity index is 384. The highest BCUT2D eigenvalue weighted by Gasteiger charge is 2.45. The molecule has 94 valence electrons. The van der Waals surface area contributed by atoms with Crippen molar-refractivity contribution in [1.29, 1.82) is 0 Å². The van der Waals surface area contributed by atoms with E-state index in [4.69, 9.17) is 5.73 Å². The van der Waals surface area contributed by atoms with Gasteiger partial charge in [0, 0.05) is 19.3 Å². The second-order valence-corrected chi connectivity index (χ2v) is 4.97. The Kier molecular flexibility index (Phi) is 3.38. The molecule has 1 atom stereocenters. The van der Waals surface area contributed by atoms with Crippen LogP contribution in [0.5, 0.6) is 0 Å². The van der Waals surface area contributed by atoms with Crippen LogP contribution >= 0.6 is 0 Å². The summed E-state index contributed by atoms with van der Waals surface area (Å²) in [7, 11) is 2.03. The fourth-order valence-electron chi connectivity index (χ4n) is 2.81. The van der Waals surface area contributed by atoms with Crippen molar-refractivity contribution in [2.75, 3.05) is 18.5 Å². The van der Waals surface area contributed by atoms with E-state index in [2.05, 4.69) is 11.8 Å². The van der Waals surface area contributed by atoms with Crippen molar-refractivity contribution in [1.82, 2.24) is 0 Å². The van der Waals surface area contributed by atoms with Crippen LogP contribution in [0.25, 0.3) is 0 Å². The summed E-state index contributed by atoms with van der Waals surface area (Å²) in [5, 5.41) is 0. The zero-order chi connectivity index (χ0) is 12.5. The molecule has 0 aromatic heterocycles. The van der Waals surface area contributed by atoms with E-state index in [1.165, 1.54) is 18.9 Å². The lowest BCUT2D eigenvalue weighted by atomic mass is 9.88. The van der Waals surface area contributed by atoms with E-state index in [9.17, 15) is 4.39 Å². The number of hydrogen-bond acceptors (Lipinski definition) is 2. The van der Waals surface area contributed by atoms with Gasteiger partial charge in [0.2, 0.25) is 0 Å². The van der Waals surface area contributed by atoms with Gasteiger partial charge in [0.25, 0.3) is 0 Å². The topological polar surface area (TPSA) is 29.3 Å². The van der Waals surface area contributed by atoms with E-state index in [-0.39, 0.29) is 11.4 Å². The average Bonchev–Trinajstić information content (AvgIpc) is 3.16. The molecule has 0 bridgehead atoms. The highest BCUT2D eigenvalue weighted by molar-refractivity contribution is 5.49. The molecule has 1 aromatic rings. The zero-order valence-corrected chi connectivity index (χ0v) is 10.6. The number of benzene rings is 1. The molecule has 0 radical (unpaired) electrons. The lowest BCUT2D eigenvalue weighted by Gasteiger charge is -2.42. The summed E-state index contributed by atoms with van der Waals surface area (Å²) in [5.41, 5.74) is 6.91. The molecule has 1 fully saturated rings. The lowest BCUT2D eigenvalue weighted by molar-refractivity contribution is 0.348. The largest absolute Gasteiger partial charge is 0.367 e. The Hall–Kier alpha value is -1.09. The molecule has 3 heteroatoms. The molecular weight excluding hydrogens is 215 g/mol. The molecule has 0 aliphatic heterocycles. The van der Waals surface area contributed by atoms with E-state index >= 15 is 0 Å². The molecule has 0 heterocycles. The van der Waals surface area contributed by atoms with Gasteiger partial charge in [-0.2, -0.15) is 0 Å². The highest BCUT2D eigenvalue weighted by Crippen LogP contribution is 2.45. The number of halogens is 1. The van der Waals surface area contributed by atoms with Crippen molar-refractivity contribution in [2.24, 2.45) is 11.7 Å². The van der Waals surface area contributed by atoms with E-state index in [1.807, 2.05) is 13.1 Å². The summed E-state index contributed by atoms with van der Waals surface area (Å²) in [6.07, 6.45) is 3.48. The minimum absolute atomic E-state index is 0.00616. The summed E-state index contributed by atoms with van der Waals surface area (Å²) in [6, 6.07) is 6.77. The van der Waals surface area contributed by atoms with Crippen LogP contribution < -0.4 is 10.6 Å². The molecule has 2 N–H and O–H groups in total. The summed E-state index contributed by atoms with van der Waals surface area (Å²) in [5.74, 6) is 0.470. The van der Waals surface area contributed by atoms with Crippen LogP contribution in [0.15, 0.2) is 24.3 Å². The number of hydrogen-bond donors (Lipinski definition) is 1. The minimum atomic E-state index is -0.188. The quantitative estimate of drug-likeness (QED) is 0.851. The molecule has 17 heavy (non-hydrogen) atoms.